The predicted molar refractivity (Wildman–Crippen MR) is 71.0 cm³/mol. The number of hydrogen-bond donors (Lipinski definition) is 2. The zero-order valence-corrected chi connectivity index (χ0v) is 11.2. The van der Waals surface area contributed by atoms with Gasteiger partial charge in [-0.3, -0.25) is 4.79 Å². The van der Waals surface area contributed by atoms with Crippen LogP contribution in [0.5, 0.6) is 0 Å². The van der Waals surface area contributed by atoms with Crippen LogP contribution in [0.1, 0.15) is 50.6 Å². The van der Waals surface area contributed by atoms with E-state index in [4.69, 9.17) is 5.73 Å². The smallest absolute Gasteiger partial charge is 0.267 e. The van der Waals surface area contributed by atoms with E-state index in [0.717, 1.165) is 6.42 Å². The molecular formula is C13H23N3O. The van der Waals surface area contributed by atoms with Crippen LogP contribution >= 0.6 is 0 Å². The Bertz CT molecular complexity index is 380. The highest BCUT2D eigenvalue weighted by molar-refractivity contribution is 5.93. The summed E-state index contributed by atoms with van der Waals surface area (Å²) in [6, 6.07) is 1.96. The number of carbonyl (C=O) groups excluding carboxylic acids is 1. The number of nitrogens with zero attached hydrogens (tertiary/aromatic N) is 1. The van der Waals surface area contributed by atoms with Gasteiger partial charge in [0.05, 0.1) is 5.69 Å². The molecule has 0 saturated carbocycles. The van der Waals surface area contributed by atoms with Gasteiger partial charge < -0.3 is 15.6 Å². The first-order valence-corrected chi connectivity index (χ1v) is 6.17. The van der Waals surface area contributed by atoms with Gasteiger partial charge in [-0.25, -0.2) is 0 Å². The molecule has 0 bridgehead atoms. The molecule has 4 heteroatoms. The fourth-order valence-electron chi connectivity index (χ4n) is 1.67. The number of amides is 1. The lowest BCUT2D eigenvalue weighted by Gasteiger charge is -2.13. The van der Waals surface area contributed by atoms with Crippen molar-refractivity contribution in [2.45, 2.75) is 40.2 Å². The molecule has 0 unspecified atom stereocenters. The van der Waals surface area contributed by atoms with Crippen molar-refractivity contribution in [3.05, 3.63) is 18.0 Å². The summed E-state index contributed by atoms with van der Waals surface area (Å²) in [5.74, 6) is 0.549. The Morgan fingerprint density at radius 3 is 2.59 bits per heavy atom. The van der Waals surface area contributed by atoms with Gasteiger partial charge in [0.2, 0.25) is 0 Å². The van der Waals surface area contributed by atoms with Crippen LogP contribution in [0.3, 0.4) is 0 Å². The van der Waals surface area contributed by atoms with Crippen molar-refractivity contribution in [3.8, 4) is 0 Å². The van der Waals surface area contributed by atoms with Gasteiger partial charge in [0, 0.05) is 18.8 Å². The summed E-state index contributed by atoms with van der Waals surface area (Å²) in [6.45, 7) is 9.05. The van der Waals surface area contributed by atoms with Crippen LogP contribution in [0.15, 0.2) is 12.3 Å². The Hall–Kier alpha value is -1.45. The van der Waals surface area contributed by atoms with Crippen molar-refractivity contribution < 1.29 is 4.79 Å². The van der Waals surface area contributed by atoms with E-state index in [1.807, 2.05) is 24.6 Å². The Morgan fingerprint density at radius 2 is 2.06 bits per heavy atom. The molecule has 0 saturated heterocycles. The Kier molecular flexibility index (Phi) is 4.61. The molecule has 96 valence electrons. The highest BCUT2D eigenvalue weighted by atomic mass is 16.1. The lowest BCUT2D eigenvalue weighted by atomic mass is 10.1. The van der Waals surface area contributed by atoms with E-state index in [1.54, 1.807) is 6.07 Å². The summed E-state index contributed by atoms with van der Waals surface area (Å²) >= 11 is 0. The van der Waals surface area contributed by atoms with Crippen LogP contribution in [0, 0.1) is 5.92 Å². The molecule has 3 N–H and O–H groups in total. The Balaban J connectivity index is 2.68. The molecule has 0 atom stereocenters. The number of nitrogen functional groups attached to an aromatic ring is 1. The van der Waals surface area contributed by atoms with Gasteiger partial charge in [0.15, 0.2) is 0 Å². The van der Waals surface area contributed by atoms with Crippen molar-refractivity contribution in [1.29, 1.82) is 0 Å². The summed E-state index contributed by atoms with van der Waals surface area (Å²) in [7, 11) is 0. The third kappa shape index (κ3) is 3.80. The first-order chi connectivity index (χ1) is 7.91. The quantitative estimate of drug-likeness (QED) is 0.826. The van der Waals surface area contributed by atoms with Gasteiger partial charge in [0.25, 0.3) is 5.91 Å². The average molecular weight is 237 g/mol. The molecule has 0 aliphatic heterocycles. The second-order valence-corrected chi connectivity index (χ2v) is 5.10. The third-order valence-corrected chi connectivity index (χ3v) is 2.67. The average Bonchev–Trinajstić information content (AvgIpc) is 2.59. The molecule has 0 radical (unpaired) electrons. The Labute approximate surface area is 103 Å². The number of hydrogen-bond acceptors (Lipinski definition) is 2. The van der Waals surface area contributed by atoms with E-state index < -0.39 is 0 Å². The van der Waals surface area contributed by atoms with Gasteiger partial charge >= 0.3 is 0 Å². The van der Waals surface area contributed by atoms with Gasteiger partial charge in [0.1, 0.15) is 5.69 Å². The molecule has 1 amide bonds. The predicted octanol–water partition coefficient (Wildman–Crippen LogP) is 2.43. The second kappa shape index (κ2) is 5.75. The normalized spacial score (nSPS) is 11.2. The lowest BCUT2D eigenvalue weighted by Crippen LogP contribution is -2.27. The van der Waals surface area contributed by atoms with Crippen molar-refractivity contribution in [2.75, 3.05) is 12.3 Å². The van der Waals surface area contributed by atoms with E-state index in [9.17, 15) is 4.79 Å². The van der Waals surface area contributed by atoms with Crippen LogP contribution < -0.4 is 11.1 Å². The number of rotatable bonds is 5. The van der Waals surface area contributed by atoms with Gasteiger partial charge in [-0.15, -0.1) is 0 Å². The van der Waals surface area contributed by atoms with Gasteiger partial charge in [-0.1, -0.05) is 13.8 Å². The fourth-order valence-corrected chi connectivity index (χ4v) is 1.67. The SMILES string of the molecule is CC(C)CCNC(=O)c1cc(N)cn1C(C)C. The minimum atomic E-state index is -0.0453. The molecule has 17 heavy (non-hydrogen) atoms. The minimum absolute atomic E-state index is 0.0453. The zero-order chi connectivity index (χ0) is 13.0. The molecule has 0 aromatic carbocycles. The monoisotopic (exact) mass is 237 g/mol. The molecule has 1 heterocycles. The highest BCUT2D eigenvalue weighted by Crippen LogP contribution is 2.16. The van der Waals surface area contributed by atoms with E-state index in [-0.39, 0.29) is 11.9 Å². The van der Waals surface area contributed by atoms with Gasteiger partial charge in [-0.2, -0.15) is 0 Å². The van der Waals surface area contributed by atoms with Crippen LogP contribution in [-0.4, -0.2) is 17.0 Å². The first-order valence-electron chi connectivity index (χ1n) is 6.17. The molecule has 4 nitrogen and oxygen atoms in total. The molecule has 1 aromatic rings. The summed E-state index contributed by atoms with van der Waals surface area (Å²) < 4.78 is 1.90. The van der Waals surface area contributed by atoms with Gasteiger partial charge in [-0.05, 0) is 32.3 Å². The number of anilines is 1. The maximum absolute atomic E-state index is 12.0. The first kappa shape index (κ1) is 13.6. The van der Waals surface area contributed by atoms with E-state index in [2.05, 4.69) is 19.2 Å². The summed E-state index contributed by atoms with van der Waals surface area (Å²) in [6.07, 6.45) is 2.80. The van der Waals surface area contributed by atoms with Crippen molar-refractivity contribution in [3.63, 3.8) is 0 Å². The zero-order valence-electron chi connectivity index (χ0n) is 11.2. The molecule has 1 aromatic heterocycles. The molecule has 0 spiro atoms. The van der Waals surface area contributed by atoms with Crippen LogP contribution in [0.2, 0.25) is 0 Å². The third-order valence-electron chi connectivity index (χ3n) is 2.67. The molecule has 0 aliphatic carbocycles. The van der Waals surface area contributed by atoms with Crippen LogP contribution in [0.4, 0.5) is 5.69 Å². The van der Waals surface area contributed by atoms with Crippen molar-refractivity contribution in [1.82, 2.24) is 9.88 Å². The lowest BCUT2D eigenvalue weighted by molar-refractivity contribution is 0.0941. The topological polar surface area (TPSA) is 60.1 Å². The standard InChI is InChI=1S/C13H23N3O/c1-9(2)5-6-15-13(17)12-7-11(14)8-16(12)10(3)4/h7-10H,5-6,14H2,1-4H3,(H,15,17). The largest absolute Gasteiger partial charge is 0.397 e. The second-order valence-electron chi connectivity index (χ2n) is 5.10. The number of nitrogens with two attached hydrogens (primary N) is 1. The summed E-state index contributed by atoms with van der Waals surface area (Å²) in [5.41, 5.74) is 7.00. The van der Waals surface area contributed by atoms with Crippen LogP contribution in [-0.2, 0) is 0 Å². The maximum Gasteiger partial charge on any atom is 0.267 e. The molecule has 1 rings (SSSR count). The van der Waals surface area contributed by atoms with E-state index in [0.29, 0.717) is 23.8 Å². The molecule has 0 aliphatic rings. The van der Waals surface area contributed by atoms with Crippen LogP contribution in [0.25, 0.3) is 0 Å². The van der Waals surface area contributed by atoms with E-state index >= 15 is 0 Å². The molecule has 0 fully saturated rings. The van der Waals surface area contributed by atoms with E-state index in [1.165, 1.54) is 0 Å². The highest BCUT2D eigenvalue weighted by Gasteiger charge is 2.14. The Morgan fingerprint density at radius 1 is 1.41 bits per heavy atom. The molecular weight excluding hydrogens is 214 g/mol. The fraction of sp³-hybridized carbons (Fsp3) is 0.615. The number of carbonyl (C=O) groups is 1. The summed E-state index contributed by atoms with van der Waals surface area (Å²) in [4.78, 5) is 12.0. The number of nitrogens with one attached hydrogen (secondary N) is 1. The summed E-state index contributed by atoms with van der Waals surface area (Å²) in [5, 5.41) is 2.92. The van der Waals surface area contributed by atoms with Crippen molar-refractivity contribution >= 4 is 11.6 Å². The van der Waals surface area contributed by atoms with Crippen molar-refractivity contribution in [2.24, 2.45) is 5.92 Å². The maximum atomic E-state index is 12.0. The minimum Gasteiger partial charge on any atom is -0.397 e. The number of aromatic nitrogens is 1.